The third-order valence-corrected chi connectivity index (χ3v) is 5.59. The van der Waals surface area contributed by atoms with Gasteiger partial charge in [-0.15, -0.1) is 0 Å². The van der Waals surface area contributed by atoms with Crippen LogP contribution in [0.1, 0.15) is 53.9 Å². The van der Waals surface area contributed by atoms with Gasteiger partial charge in [0.2, 0.25) is 0 Å². The Labute approximate surface area is 163 Å². The Morgan fingerprint density at radius 1 is 1.04 bits per heavy atom. The molecule has 144 valence electrons. The minimum absolute atomic E-state index is 0.321. The number of nitrogens with zero attached hydrogens (tertiary/aromatic N) is 1. The van der Waals surface area contributed by atoms with E-state index in [-0.39, 0.29) is 0 Å². The van der Waals surface area contributed by atoms with Gasteiger partial charge in [0.05, 0.1) is 0 Å². The average molecular weight is 366 g/mol. The predicted molar refractivity (Wildman–Crippen MR) is 112 cm³/mol. The third-order valence-electron chi connectivity index (χ3n) is 5.59. The van der Waals surface area contributed by atoms with Crippen LogP contribution in [0.4, 0.5) is 0 Å². The molecule has 2 N–H and O–H groups in total. The number of aryl methyl sites for hydroxylation is 2. The molecule has 1 atom stereocenters. The molecule has 0 spiro atoms. The number of aromatic hydroxyl groups is 2. The molecule has 1 unspecified atom stereocenters. The van der Waals surface area contributed by atoms with Gasteiger partial charge < -0.3 is 15.1 Å². The summed E-state index contributed by atoms with van der Waals surface area (Å²) in [6.07, 6.45) is 4.37. The lowest BCUT2D eigenvalue weighted by atomic mass is 9.85. The molecule has 0 amide bonds. The Balaban J connectivity index is 2.03. The largest absolute Gasteiger partial charge is 0.508 e. The van der Waals surface area contributed by atoms with Gasteiger partial charge in [0.1, 0.15) is 11.5 Å². The second-order valence-corrected chi connectivity index (χ2v) is 8.17. The summed E-state index contributed by atoms with van der Waals surface area (Å²) < 4.78 is 0. The zero-order valence-corrected chi connectivity index (χ0v) is 16.9. The standard InChI is InChI=1S/C24H31NO2/c1-16-11-21(12-17(2)24(16)27)18-7-5-9-20(15-25(3)4)23(14-18)19-8-6-10-22(26)13-19/h6,8,10-13,18,26-27H,5,7,9,14-15H2,1-4H3. The Morgan fingerprint density at radius 2 is 1.74 bits per heavy atom. The van der Waals surface area contributed by atoms with Gasteiger partial charge in [-0.05, 0) is 99.5 Å². The van der Waals surface area contributed by atoms with Gasteiger partial charge in [0.15, 0.2) is 0 Å². The summed E-state index contributed by atoms with van der Waals surface area (Å²) in [5.74, 6) is 1.16. The van der Waals surface area contributed by atoms with E-state index in [0.717, 1.165) is 48.9 Å². The van der Waals surface area contributed by atoms with Crippen molar-refractivity contribution in [3.05, 3.63) is 64.2 Å². The fourth-order valence-electron chi connectivity index (χ4n) is 4.29. The smallest absolute Gasteiger partial charge is 0.121 e. The van der Waals surface area contributed by atoms with E-state index in [9.17, 15) is 10.2 Å². The maximum Gasteiger partial charge on any atom is 0.121 e. The Morgan fingerprint density at radius 3 is 2.37 bits per heavy atom. The van der Waals surface area contributed by atoms with Gasteiger partial charge in [-0.3, -0.25) is 0 Å². The molecule has 3 rings (SSSR count). The lowest BCUT2D eigenvalue weighted by molar-refractivity contribution is 0.438. The number of allylic oxidation sites excluding steroid dienone is 1. The highest BCUT2D eigenvalue weighted by atomic mass is 16.3. The summed E-state index contributed by atoms with van der Waals surface area (Å²) in [6, 6.07) is 11.9. The van der Waals surface area contributed by atoms with E-state index in [1.807, 2.05) is 26.0 Å². The molecule has 0 aromatic heterocycles. The van der Waals surface area contributed by atoms with Gasteiger partial charge in [-0.1, -0.05) is 29.8 Å². The number of phenols is 2. The molecule has 1 aliphatic carbocycles. The summed E-state index contributed by atoms with van der Waals surface area (Å²) >= 11 is 0. The molecule has 0 saturated carbocycles. The molecule has 0 saturated heterocycles. The second-order valence-electron chi connectivity index (χ2n) is 8.17. The molecule has 3 nitrogen and oxygen atoms in total. The molecular weight excluding hydrogens is 334 g/mol. The monoisotopic (exact) mass is 365 g/mol. The molecule has 0 bridgehead atoms. The van der Waals surface area contributed by atoms with Crippen LogP contribution >= 0.6 is 0 Å². The topological polar surface area (TPSA) is 43.7 Å². The molecule has 0 aliphatic heterocycles. The molecule has 1 aliphatic rings. The summed E-state index contributed by atoms with van der Waals surface area (Å²) in [7, 11) is 4.23. The van der Waals surface area contributed by atoms with Crippen molar-refractivity contribution in [3.63, 3.8) is 0 Å². The second kappa shape index (κ2) is 8.18. The van der Waals surface area contributed by atoms with Crippen molar-refractivity contribution in [2.45, 2.75) is 45.4 Å². The number of phenolic OH excluding ortho intramolecular Hbond substituents is 2. The zero-order chi connectivity index (χ0) is 19.6. The lowest BCUT2D eigenvalue weighted by Gasteiger charge is -2.21. The highest BCUT2D eigenvalue weighted by Crippen LogP contribution is 2.41. The first-order valence-corrected chi connectivity index (χ1v) is 9.80. The Bertz CT molecular complexity index is 828. The van der Waals surface area contributed by atoms with E-state index in [1.54, 1.807) is 6.07 Å². The van der Waals surface area contributed by atoms with E-state index < -0.39 is 0 Å². The molecule has 0 heterocycles. The van der Waals surface area contributed by atoms with Crippen molar-refractivity contribution in [2.24, 2.45) is 0 Å². The zero-order valence-electron chi connectivity index (χ0n) is 16.9. The van der Waals surface area contributed by atoms with E-state index in [2.05, 4.69) is 37.2 Å². The first-order valence-electron chi connectivity index (χ1n) is 9.80. The summed E-state index contributed by atoms with van der Waals surface area (Å²) in [5.41, 5.74) is 7.18. The minimum Gasteiger partial charge on any atom is -0.508 e. The first kappa shape index (κ1) is 19.5. The molecule has 0 radical (unpaired) electrons. The van der Waals surface area contributed by atoms with Crippen LogP contribution in [-0.4, -0.2) is 35.8 Å². The summed E-state index contributed by atoms with van der Waals surface area (Å²) in [6.45, 7) is 4.91. The number of benzene rings is 2. The molecule has 0 fully saturated rings. The summed E-state index contributed by atoms with van der Waals surface area (Å²) in [4.78, 5) is 2.23. The SMILES string of the molecule is Cc1cc(C2CCCC(CN(C)C)=C(c3cccc(O)c3)C2)cc(C)c1O. The van der Waals surface area contributed by atoms with E-state index in [0.29, 0.717) is 17.4 Å². The van der Waals surface area contributed by atoms with Crippen LogP contribution in [0.3, 0.4) is 0 Å². The van der Waals surface area contributed by atoms with Crippen LogP contribution in [-0.2, 0) is 0 Å². The number of hydrogen-bond acceptors (Lipinski definition) is 3. The lowest BCUT2D eigenvalue weighted by Crippen LogP contribution is -2.16. The van der Waals surface area contributed by atoms with Gasteiger partial charge in [0.25, 0.3) is 0 Å². The van der Waals surface area contributed by atoms with Crippen LogP contribution in [0.25, 0.3) is 5.57 Å². The quantitative estimate of drug-likeness (QED) is 0.764. The molecular formula is C24H31NO2. The summed E-state index contributed by atoms with van der Waals surface area (Å²) in [5, 5.41) is 20.2. The number of hydrogen-bond donors (Lipinski definition) is 2. The Hall–Kier alpha value is -2.26. The number of likely N-dealkylation sites (N-methyl/N-ethyl adjacent to an activating group) is 1. The Kier molecular flexibility index (Phi) is 5.91. The van der Waals surface area contributed by atoms with Crippen LogP contribution < -0.4 is 0 Å². The van der Waals surface area contributed by atoms with Gasteiger partial charge in [-0.25, -0.2) is 0 Å². The molecule has 27 heavy (non-hydrogen) atoms. The maximum atomic E-state index is 10.1. The van der Waals surface area contributed by atoms with Crippen molar-refractivity contribution >= 4 is 5.57 Å². The van der Waals surface area contributed by atoms with Crippen LogP contribution in [0.2, 0.25) is 0 Å². The first-order chi connectivity index (χ1) is 12.8. The van der Waals surface area contributed by atoms with Crippen molar-refractivity contribution in [2.75, 3.05) is 20.6 Å². The molecule has 3 heteroatoms. The highest BCUT2D eigenvalue weighted by molar-refractivity contribution is 5.71. The van der Waals surface area contributed by atoms with Crippen molar-refractivity contribution in [3.8, 4) is 11.5 Å². The van der Waals surface area contributed by atoms with E-state index >= 15 is 0 Å². The normalized spacial score (nSPS) is 18.0. The van der Waals surface area contributed by atoms with Crippen LogP contribution in [0.5, 0.6) is 11.5 Å². The van der Waals surface area contributed by atoms with Gasteiger partial charge >= 0.3 is 0 Å². The highest BCUT2D eigenvalue weighted by Gasteiger charge is 2.23. The van der Waals surface area contributed by atoms with Crippen LogP contribution in [0, 0.1) is 13.8 Å². The minimum atomic E-state index is 0.321. The fourth-order valence-corrected chi connectivity index (χ4v) is 4.29. The van der Waals surface area contributed by atoms with Crippen LogP contribution in [0.15, 0.2) is 42.0 Å². The third kappa shape index (κ3) is 4.54. The van der Waals surface area contributed by atoms with E-state index in [1.165, 1.54) is 16.7 Å². The van der Waals surface area contributed by atoms with Gasteiger partial charge in [-0.2, -0.15) is 0 Å². The molecule has 2 aromatic rings. The van der Waals surface area contributed by atoms with E-state index in [4.69, 9.17) is 0 Å². The van der Waals surface area contributed by atoms with Crippen molar-refractivity contribution in [1.29, 1.82) is 0 Å². The molecule has 2 aromatic carbocycles. The fraction of sp³-hybridized carbons (Fsp3) is 0.417. The van der Waals surface area contributed by atoms with Gasteiger partial charge in [0, 0.05) is 6.54 Å². The van der Waals surface area contributed by atoms with Crippen molar-refractivity contribution < 1.29 is 10.2 Å². The average Bonchev–Trinajstić information content (AvgIpc) is 2.81. The van der Waals surface area contributed by atoms with Crippen molar-refractivity contribution in [1.82, 2.24) is 4.90 Å². The predicted octanol–water partition coefficient (Wildman–Crippen LogP) is 5.39. The maximum absolute atomic E-state index is 10.1. The number of rotatable bonds is 4.